The van der Waals surface area contributed by atoms with Crippen molar-refractivity contribution in [1.82, 2.24) is 14.7 Å². The van der Waals surface area contributed by atoms with E-state index >= 15 is 0 Å². The number of nitrogens with zero attached hydrogens (tertiary/aromatic N) is 3. The van der Waals surface area contributed by atoms with Gasteiger partial charge in [-0.05, 0) is 68.5 Å². The van der Waals surface area contributed by atoms with Crippen LogP contribution in [0.3, 0.4) is 0 Å². The smallest absolute Gasteiger partial charge is 0.268 e. The highest BCUT2D eigenvalue weighted by molar-refractivity contribution is 7.90. The standard InChI is InChI=1S/C28H34FN5O4S/c1-17(2)16-38-21-12-19(11-20(29)13-21)23-9-8-22(26(32-23)34-15-18(3)14-28(34,4)5)27(35)33-39(36,37)24-7-6-10-31-25(24)30/h6-13,17-18H,14-16H2,1-5H3,(H2,30,31)(H,33,35)/t18-/m1/s1. The third-order valence-corrected chi connectivity index (χ3v) is 7.89. The minimum atomic E-state index is -4.30. The van der Waals surface area contributed by atoms with Gasteiger partial charge in [0.1, 0.15) is 28.1 Å². The summed E-state index contributed by atoms with van der Waals surface area (Å²) in [4.78, 5) is 23.7. The molecule has 1 fully saturated rings. The molecule has 1 saturated heterocycles. The predicted molar refractivity (Wildman–Crippen MR) is 148 cm³/mol. The summed E-state index contributed by atoms with van der Waals surface area (Å²) >= 11 is 0. The quantitative estimate of drug-likeness (QED) is 0.411. The van der Waals surface area contributed by atoms with Crippen LogP contribution < -0.4 is 20.1 Å². The predicted octanol–water partition coefficient (Wildman–Crippen LogP) is 4.64. The molecule has 0 spiro atoms. The normalized spacial score (nSPS) is 16.9. The number of hydrogen-bond donors (Lipinski definition) is 2. The lowest BCUT2D eigenvalue weighted by atomic mass is 9.97. The van der Waals surface area contributed by atoms with Crippen LogP contribution in [0.5, 0.6) is 5.75 Å². The van der Waals surface area contributed by atoms with E-state index in [4.69, 9.17) is 15.5 Å². The van der Waals surface area contributed by atoms with Crippen molar-refractivity contribution in [3.63, 3.8) is 0 Å². The van der Waals surface area contributed by atoms with E-state index in [0.717, 1.165) is 6.42 Å². The molecule has 1 atom stereocenters. The van der Waals surface area contributed by atoms with Gasteiger partial charge in [0.25, 0.3) is 15.9 Å². The lowest BCUT2D eigenvalue weighted by Crippen LogP contribution is -2.41. The number of carbonyl (C=O) groups excluding carboxylic acids is 1. The molecule has 9 nitrogen and oxygen atoms in total. The number of benzene rings is 1. The Morgan fingerprint density at radius 2 is 2.00 bits per heavy atom. The summed E-state index contributed by atoms with van der Waals surface area (Å²) < 4.78 is 48.3. The number of sulfonamides is 1. The lowest BCUT2D eigenvalue weighted by molar-refractivity contribution is 0.0981. The Hall–Kier alpha value is -3.73. The Bertz CT molecular complexity index is 1490. The number of carbonyl (C=O) groups is 1. The van der Waals surface area contributed by atoms with Gasteiger partial charge in [-0.15, -0.1) is 0 Å². The minimum absolute atomic E-state index is 0.0691. The number of amides is 1. The first-order valence-corrected chi connectivity index (χ1v) is 14.3. The molecule has 1 aliphatic heterocycles. The Morgan fingerprint density at radius 3 is 2.64 bits per heavy atom. The zero-order valence-electron chi connectivity index (χ0n) is 22.7. The molecule has 11 heteroatoms. The average molecular weight is 556 g/mol. The van der Waals surface area contributed by atoms with Crippen molar-refractivity contribution in [3.8, 4) is 17.0 Å². The van der Waals surface area contributed by atoms with E-state index in [0.29, 0.717) is 41.9 Å². The van der Waals surface area contributed by atoms with E-state index in [2.05, 4.69) is 16.6 Å². The Balaban J connectivity index is 1.77. The van der Waals surface area contributed by atoms with Gasteiger partial charge in [-0.3, -0.25) is 4.79 Å². The number of ether oxygens (including phenoxy) is 1. The first-order valence-electron chi connectivity index (χ1n) is 12.8. The number of hydrogen-bond acceptors (Lipinski definition) is 8. The number of nitrogens with two attached hydrogens (primary N) is 1. The fourth-order valence-electron chi connectivity index (χ4n) is 4.87. The molecule has 39 heavy (non-hydrogen) atoms. The van der Waals surface area contributed by atoms with Gasteiger partial charge in [-0.1, -0.05) is 20.8 Å². The summed E-state index contributed by atoms with van der Waals surface area (Å²) in [5.74, 6) is -0.304. The summed E-state index contributed by atoms with van der Waals surface area (Å²) in [5.41, 5.74) is 6.35. The van der Waals surface area contributed by atoms with Crippen molar-refractivity contribution in [2.75, 3.05) is 23.8 Å². The fourth-order valence-corrected chi connectivity index (χ4v) is 5.92. The molecule has 2 aromatic heterocycles. The maximum atomic E-state index is 14.5. The molecular weight excluding hydrogens is 521 g/mol. The van der Waals surface area contributed by atoms with Crippen LogP contribution in [-0.2, 0) is 10.0 Å². The largest absolute Gasteiger partial charge is 0.493 e. The second-order valence-corrected chi connectivity index (χ2v) is 12.7. The number of nitrogens with one attached hydrogen (secondary N) is 1. The van der Waals surface area contributed by atoms with Crippen molar-refractivity contribution >= 4 is 27.6 Å². The van der Waals surface area contributed by atoms with Gasteiger partial charge in [-0.25, -0.2) is 27.5 Å². The summed E-state index contributed by atoms with van der Waals surface area (Å²) in [5, 5.41) is 0. The SMILES string of the molecule is CC(C)COc1cc(F)cc(-c2ccc(C(=O)NS(=O)(=O)c3cccnc3N)c(N3C[C@H](C)CC3(C)C)n2)c1. The summed E-state index contributed by atoms with van der Waals surface area (Å²) in [6.45, 7) is 11.2. The molecule has 1 amide bonds. The molecule has 4 rings (SSSR count). The van der Waals surface area contributed by atoms with Crippen LogP contribution in [0.2, 0.25) is 0 Å². The number of pyridine rings is 2. The number of aromatic nitrogens is 2. The monoisotopic (exact) mass is 555 g/mol. The number of rotatable bonds is 8. The van der Waals surface area contributed by atoms with Crippen molar-refractivity contribution < 1.29 is 22.3 Å². The maximum Gasteiger partial charge on any atom is 0.268 e. The molecule has 1 aliphatic rings. The van der Waals surface area contributed by atoms with Gasteiger partial charge in [-0.2, -0.15) is 0 Å². The van der Waals surface area contributed by atoms with Crippen LogP contribution in [0.15, 0.2) is 53.6 Å². The summed E-state index contributed by atoms with van der Waals surface area (Å²) in [7, 11) is -4.30. The Labute approximate surface area is 228 Å². The van der Waals surface area contributed by atoms with Gasteiger partial charge in [0.2, 0.25) is 0 Å². The van der Waals surface area contributed by atoms with E-state index in [1.165, 1.54) is 36.5 Å². The van der Waals surface area contributed by atoms with E-state index in [-0.39, 0.29) is 27.7 Å². The van der Waals surface area contributed by atoms with Crippen LogP contribution in [0, 0.1) is 17.7 Å². The van der Waals surface area contributed by atoms with Crippen LogP contribution in [-0.4, -0.2) is 43.0 Å². The maximum absolute atomic E-state index is 14.5. The molecule has 3 heterocycles. The first-order chi connectivity index (χ1) is 18.3. The van der Waals surface area contributed by atoms with Crippen molar-refractivity contribution in [2.24, 2.45) is 11.8 Å². The zero-order chi connectivity index (χ0) is 28.5. The third kappa shape index (κ3) is 6.30. The lowest BCUT2D eigenvalue weighted by Gasteiger charge is -2.34. The average Bonchev–Trinajstić information content (AvgIpc) is 3.13. The van der Waals surface area contributed by atoms with Crippen LogP contribution in [0.25, 0.3) is 11.3 Å². The summed E-state index contributed by atoms with van der Waals surface area (Å²) in [6.07, 6.45) is 2.21. The second kappa shape index (κ2) is 10.8. The highest BCUT2D eigenvalue weighted by atomic mass is 32.2. The zero-order valence-corrected chi connectivity index (χ0v) is 23.5. The molecular formula is C28H34FN5O4S. The van der Waals surface area contributed by atoms with Crippen LogP contribution >= 0.6 is 0 Å². The Morgan fingerprint density at radius 1 is 1.26 bits per heavy atom. The topological polar surface area (TPSA) is 128 Å². The van der Waals surface area contributed by atoms with Crippen molar-refractivity contribution in [1.29, 1.82) is 0 Å². The third-order valence-electron chi connectivity index (χ3n) is 6.52. The van der Waals surface area contributed by atoms with E-state index in [9.17, 15) is 17.6 Å². The minimum Gasteiger partial charge on any atom is -0.493 e. The molecule has 208 valence electrons. The number of halogens is 1. The van der Waals surface area contributed by atoms with Crippen LogP contribution in [0.4, 0.5) is 16.0 Å². The van der Waals surface area contributed by atoms with E-state index in [1.807, 2.05) is 32.6 Å². The molecule has 0 unspecified atom stereocenters. The van der Waals surface area contributed by atoms with Gasteiger partial charge >= 0.3 is 0 Å². The van der Waals surface area contributed by atoms with Crippen LogP contribution in [0.1, 0.15) is 51.4 Å². The van der Waals surface area contributed by atoms with E-state index in [1.54, 1.807) is 12.1 Å². The Kier molecular flexibility index (Phi) is 7.83. The molecule has 3 N–H and O–H groups in total. The van der Waals surface area contributed by atoms with Gasteiger partial charge in [0.05, 0.1) is 17.9 Å². The van der Waals surface area contributed by atoms with Crippen molar-refractivity contribution in [3.05, 3.63) is 60.0 Å². The number of anilines is 2. The summed E-state index contributed by atoms with van der Waals surface area (Å²) in [6, 6.07) is 10.1. The van der Waals surface area contributed by atoms with E-state index < -0.39 is 21.7 Å². The highest BCUT2D eigenvalue weighted by Crippen LogP contribution is 2.38. The van der Waals surface area contributed by atoms with Crippen molar-refractivity contribution in [2.45, 2.75) is 51.5 Å². The number of nitrogen functional groups attached to an aromatic ring is 1. The van der Waals surface area contributed by atoms with Gasteiger partial charge < -0.3 is 15.4 Å². The molecule has 0 radical (unpaired) electrons. The molecule has 3 aromatic rings. The van der Waals surface area contributed by atoms with Gasteiger partial charge in [0, 0.05) is 29.9 Å². The fraction of sp³-hybridized carbons (Fsp3) is 0.393. The highest BCUT2D eigenvalue weighted by Gasteiger charge is 2.39. The molecule has 0 saturated carbocycles. The molecule has 1 aromatic carbocycles. The molecule has 0 bridgehead atoms. The van der Waals surface area contributed by atoms with Gasteiger partial charge in [0.15, 0.2) is 0 Å². The molecule has 0 aliphatic carbocycles. The first kappa shape index (κ1) is 28.3. The second-order valence-electron chi connectivity index (χ2n) is 11.0.